The Balaban J connectivity index is -0.00000312. The first-order chi connectivity index (χ1) is 12.6. The van der Waals surface area contributed by atoms with Gasteiger partial charge < -0.3 is 19.8 Å². The van der Waals surface area contributed by atoms with Gasteiger partial charge in [-0.3, -0.25) is 0 Å². The molecule has 0 rings (SSSR count). The van der Waals surface area contributed by atoms with Crippen LogP contribution < -0.4 is 47.9 Å². The minimum atomic E-state index is -0.920. The van der Waals surface area contributed by atoms with E-state index in [2.05, 4.69) is 0 Å². The van der Waals surface area contributed by atoms with Crippen molar-refractivity contribution in [2.45, 2.75) is 128 Å². The van der Waals surface area contributed by atoms with E-state index in [-0.39, 0.29) is 50.6 Å². The molecule has 154 valence electrons. The molecule has 0 aliphatic rings. The quantitative estimate of drug-likeness (QED) is 0.175. The minimum absolute atomic E-state index is 0. The standard InChI is InChI=1S/C22H42O4.2Li/c23-21(24)19-17-15-13-11-9-7-5-3-1-2-4-6-8-10-12-14-16-18-20-22(25)26;;/h1-20H2,(H,23,24)(H,25,26);;/q;2*+1/p-2. The van der Waals surface area contributed by atoms with Crippen LogP contribution in [0.5, 0.6) is 0 Å². The summed E-state index contributed by atoms with van der Waals surface area (Å²) in [5.41, 5.74) is 0. The summed E-state index contributed by atoms with van der Waals surface area (Å²) in [7, 11) is 0. The minimum Gasteiger partial charge on any atom is -0.550 e. The second kappa shape index (κ2) is 27.1. The third-order valence-electron chi connectivity index (χ3n) is 5.01. The average Bonchev–Trinajstić information content (AvgIpc) is 2.59. The van der Waals surface area contributed by atoms with E-state index in [1.807, 2.05) is 0 Å². The molecule has 6 heteroatoms. The third kappa shape index (κ3) is 30.8. The summed E-state index contributed by atoms with van der Waals surface area (Å²) in [5, 5.41) is 20.5. The SMILES string of the molecule is O=C([O-])CCCCCCCCCCCCCCCCCCCCC(=O)[O-].[Li+].[Li+]. The van der Waals surface area contributed by atoms with E-state index in [9.17, 15) is 19.8 Å². The van der Waals surface area contributed by atoms with Crippen molar-refractivity contribution in [2.24, 2.45) is 0 Å². The second-order valence-corrected chi connectivity index (χ2v) is 7.61. The molecule has 0 N–H and O–H groups in total. The van der Waals surface area contributed by atoms with Crippen LogP contribution in [-0.4, -0.2) is 11.9 Å². The van der Waals surface area contributed by atoms with Crippen LogP contribution in [-0.2, 0) is 9.59 Å². The first kappa shape index (κ1) is 32.8. The largest absolute Gasteiger partial charge is 1.00 e. The number of unbranched alkanes of at least 4 members (excludes halogenated alkanes) is 17. The van der Waals surface area contributed by atoms with E-state index in [4.69, 9.17) is 0 Å². The Kier molecular flexibility index (Phi) is 31.8. The van der Waals surface area contributed by atoms with Gasteiger partial charge in [0.25, 0.3) is 0 Å². The first-order valence-electron chi connectivity index (χ1n) is 11.0. The third-order valence-corrected chi connectivity index (χ3v) is 5.01. The van der Waals surface area contributed by atoms with E-state index < -0.39 is 11.9 Å². The first-order valence-corrected chi connectivity index (χ1v) is 11.0. The molecule has 0 heterocycles. The van der Waals surface area contributed by atoms with Gasteiger partial charge in [-0.25, -0.2) is 0 Å². The molecule has 0 aromatic heterocycles. The Labute approximate surface area is 197 Å². The Morgan fingerprint density at radius 3 is 0.643 bits per heavy atom. The smallest absolute Gasteiger partial charge is 0.550 e. The number of rotatable bonds is 21. The molecule has 0 fully saturated rings. The van der Waals surface area contributed by atoms with Crippen molar-refractivity contribution in [3.8, 4) is 0 Å². The van der Waals surface area contributed by atoms with E-state index in [0.29, 0.717) is 0 Å². The normalized spacial score (nSPS) is 10.1. The number of carboxylic acid groups (broad SMARTS) is 2. The summed E-state index contributed by atoms with van der Waals surface area (Å²) in [4.78, 5) is 20.5. The fourth-order valence-corrected chi connectivity index (χ4v) is 3.37. The Bertz CT molecular complexity index is 306. The van der Waals surface area contributed by atoms with Crippen molar-refractivity contribution < 1.29 is 57.5 Å². The molecule has 0 saturated carbocycles. The fourth-order valence-electron chi connectivity index (χ4n) is 3.37. The summed E-state index contributed by atoms with van der Waals surface area (Å²) >= 11 is 0. The van der Waals surface area contributed by atoms with Crippen LogP contribution in [0.3, 0.4) is 0 Å². The molecular formula is C22H40Li2O4. The Hall–Kier alpha value is 0.135. The van der Waals surface area contributed by atoms with Crippen molar-refractivity contribution in [2.75, 3.05) is 0 Å². The maximum absolute atomic E-state index is 10.3. The van der Waals surface area contributed by atoms with Gasteiger partial charge >= 0.3 is 37.7 Å². The van der Waals surface area contributed by atoms with Crippen LogP contribution in [0, 0.1) is 0 Å². The molecule has 4 nitrogen and oxygen atoms in total. The zero-order valence-corrected chi connectivity index (χ0v) is 18.8. The molecule has 0 saturated heterocycles. The maximum Gasteiger partial charge on any atom is 1.00 e. The molecule has 0 aromatic carbocycles. The van der Waals surface area contributed by atoms with E-state index in [1.165, 1.54) is 77.0 Å². The van der Waals surface area contributed by atoms with Crippen molar-refractivity contribution in [1.82, 2.24) is 0 Å². The molecule has 0 spiro atoms. The maximum atomic E-state index is 10.3. The van der Waals surface area contributed by atoms with Crippen LogP contribution in [0.4, 0.5) is 0 Å². The summed E-state index contributed by atoms with van der Waals surface area (Å²) in [6.07, 6.45) is 22.1. The van der Waals surface area contributed by atoms with Gasteiger partial charge in [-0.2, -0.15) is 0 Å². The number of carbonyl (C=O) groups is 2. The van der Waals surface area contributed by atoms with Crippen molar-refractivity contribution >= 4 is 11.9 Å². The predicted molar refractivity (Wildman–Crippen MR) is 102 cm³/mol. The van der Waals surface area contributed by atoms with Crippen LogP contribution in [0.15, 0.2) is 0 Å². The van der Waals surface area contributed by atoms with Gasteiger partial charge in [-0.15, -0.1) is 0 Å². The zero-order chi connectivity index (χ0) is 19.3. The monoisotopic (exact) mass is 382 g/mol. The van der Waals surface area contributed by atoms with Gasteiger partial charge in [-0.1, -0.05) is 103 Å². The van der Waals surface area contributed by atoms with Crippen molar-refractivity contribution in [3.05, 3.63) is 0 Å². The van der Waals surface area contributed by atoms with Crippen LogP contribution in [0.2, 0.25) is 0 Å². The number of aliphatic carboxylic acids is 2. The molecule has 0 aliphatic carbocycles. The van der Waals surface area contributed by atoms with Gasteiger partial charge in [0, 0.05) is 11.9 Å². The molecule has 28 heavy (non-hydrogen) atoms. The van der Waals surface area contributed by atoms with Crippen LogP contribution >= 0.6 is 0 Å². The molecule has 0 amide bonds. The van der Waals surface area contributed by atoms with Crippen LogP contribution in [0.25, 0.3) is 0 Å². The Morgan fingerprint density at radius 2 is 0.500 bits per heavy atom. The molecule has 0 radical (unpaired) electrons. The molecule has 0 aromatic rings. The van der Waals surface area contributed by atoms with Gasteiger partial charge in [0.1, 0.15) is 0 Å². The molecule has 0 aliphatic heterocycles. The summed E-state index contributed by atoms with van der Waals surface area (Å²) in [6.45, 7) is 0. The molecule has 0 atom stereocenters. The van der Waals surface area contributed by atoms with Crippen molar-refractivity contribution in [3.63, 3.8) is 0 Å². The van der Waals surface area contributed by atoms with E-state index in [0.717, 1.165) is 38.5 Å². The fraction of sp³-hybridized carbons (Fsp3) is 0.909. The topological polar surface area (TPSA) is 80.3 Å². The second-order valence-electron chi connectivity index (χ2n) is 7.61. The number of carboxylic acids is 2. The summed E-state index contributed by atoms with van der Waals surface area (Å²) in [5.74, 6) is -1.84. The van der Waals surface area contributed by atoms with Crippen molar-refractivity contribution in [1.29, 1.82) is 0 Å². The van der Waals surface area contributed by atoms with E-state index in [1.54, 1.807) is 0 Å². The Morgan fingerprint density at radius 1 is 0.357 bits per heavy atom. The van der Waals surface area contributed by atoms with E-state index >= 15 is 0 Å². The van der Waals surface area contributed by atoms with Gasteiger partial charge in [0.2, 0.25) is 0 Å². The predicted octanol–water partition coefficient (Wildman–Crippen LogP) is -1.70. The average molecular weight is 382 g/mol. The van der Waals surface area contributed by atoms with Gasteiger partial charge in [0.05, 0.1) is 0 Å². The molecular weight excluding hydrogens is 342 g/mol. The molecule has 0 bridgehead atoms. The summed E-state index contributed by atoms with van der Waals surface area (Å²) in [6, 6.07) is 0. The zero-order valence-electron chi connectivity index (χ0n) is 18.8. The summed E-state index contributed by atoms with van der Waals surface area (Å²) < 4.78 is 0. The number of hydrogen-bond donors (Lipinski definition) is 0. The number of carbonyl (C=O) groups excluding carboxylic acids is 2. The van der Waals surface area contributed by atoms with Crippen LogP contribution in [0.1, 0.15) is 128 Å². The molecule has 0 unspecified atom stereocenters. The number of hydrogen-bond acceptors (Lipinski definition) is 4. The van der Waals surface area contributed by atoms with Gasteiger partial charge in [0.15, 0.2) is 0 Å². The van der Waals surface area contributed by atoms with Gasteiger partial charge in [-0.05, 0) is 25.7 Å².